The van der Waals surface area contributed by atoms with Crippen LogP contribution in [0.15, 0.2) is 18.2 Å². The lowest BCUT2D eigenvalue weighted by atomic mass is 10.3. The third kappa shape index (κ3) is 3.33. The summed E-state index contributed by atoms with van der Waals surface area (Å²) in [5.41, 5.74) is 0. The number of hydrogen-bond donors (Lipinski definition) is 1. The van der Waals surface area contributed by atoms with E-state index in [2.05, 4.69) is 22.2 Å². The van der Waals surface area contributed by atoms with E-state index < -0.39 is 0 Å². The molecule has 4 nitrogen and oxygen atoms in total. The van der Waals surface area contributed by atoms with Crippen molar-refractivity contribution < 1.29 is 4.74 Å². The number of ether oxygens (including phenoxy) is 1. The first-order valence-electron chi connectivity index (χ1n) is 5.40. The fourth-order valence-electron chi connectivity index (χ4n) is 1.72. The Hall–Kier alpha value is -0.840. The normalized spacial score (nSPS) is 22.0. The highest BCUT2D eigenvalue weighted by Crippen LogP contribution is 2.10. The van der Waals surface area contributed by atoms with Crippen molar-refractivity contribution >= 4 is 17.4 Å². The van der Waals surface area contributed by atoms with Gasteiger partial charge < -0.3 is 15.0 Å². The van der Waals surface area contributed by atoms with Gasteiger partial charge in [0, 0.05) is 19.6 Å². The van der Waals surface area contributed by atoms with E-state index in [-0.39, 0.29) is 6.10 Å². The van der Waals surface area contributed by atoms with E-state index >= 15 is 0 Å². The Labute approximate surface area is 101 Å². The van der Waals surface area contributed by atoms with Crippen LogP contribution in [0.3, 0.4) is 0 Å². The first kappa shape index (κ1) is 11.6. The van der Waals surface area contributed by atoms with Crippen LogP contribution < -0.4 is 5.32 Å². The second-order valence-electron chi connectivity index (χ2n) is 3.98. The number of likely N-dealkylation sites (N-methyl/N-ethyl adjacent to an activating group) is 1. The maximum atomic E-state index is 5.80. The number of nitrogens with zero attached hydrogens (tertiary/aromatic N) is 2. The van der Waals surface area contributed by atoms with Crippen LogP contribution in [0.1, 0.15) is 0 Å². The van der Waals surface area contributed by atoms with Crippen LogP contribution in [-0.4, -0.2) is 49.3 Å². The van der Waals surface area contributed by atoms with E-state index in [1.165, 1.54) is 0 Å². The van der Waals surface area contributed by atoms with E-state index in [1.54, 1.807) is 6.07 Å². The summed E-state index contributed by atoms with van der Waals surface area (Å²) in [5, 5.41) is 3.73. The third-order valence-corrected chi connectivity index (χ3v) is 2.78. The maximum Gasteiger partial charge on any atom is 0.131 e. The van der Waals surface area contributed by atoms with Gasteiger partial charge in [0.05, 0.1) is 12.7 Å². The average molecular weight is 242 g/mol. The Bertz CT molecular complexity index is 348. The molecule has 1 aromatic rings. The number of anilines is 1. The lowest BCUT2D eigenvalue weighted by Gasteiger charge is -2.30. The minimum atomic E-state index is 0.222. The Kier molecular flexibility index (Phi) is 3.98. The molecular formula is C11H16ClN3O. The lowest BCUT2D eigenvalue weighted by Crippen LogP contribution is -2.43. The molecule has 88 valence electrons. The molecule has 0 aromatic carbocycles. The van der Waals surface area contributed by atoms with Crippen LogP contribution in [0.4, 0.5) is 5.82 Å². The van der Waals surface area contributed by atoms with Crippen molar-refractivity contribution in [3.63, 3.8) is 0 Å². The first-order valence-corrected chi connectivity index (χ1v) is 5.78. The summed E-state index contributed by atoms with van der Waals surface area (Å²) in [7, 11) is 2.10. The summed E-state index contributed by atoms with van der Waals surface area (Å²) >= 11 is 5.80. The van der Waals surface area contributed by atoms with E-state index in [0.717, 1.165) is 32.1 Å². The summed E-state index contributed by atoms with van der Waals surface area (Å²) < 4.78 is 5.64. The number of nitrogens with one attached hydrogen (secondary N) is 1. The van der Waals surface area contributed by atoms with E-state index in [4.69, 9.17) is 16.3 Å². The number of pyridine rings is 1. The molecule has 0 bridgehead atoms. The molecule has 1 aromatic heterocycles. The minimum absolute atomic E-state index is 0.222. The fraction of sp³-hybridized carbons (Fsp3) is 0.545. The molecule has 2 rings (SSSR count). The molecule has 0 spiro atoms. The van der Waals surface area contributed by atoms with Gasteiger partial charge in [-0.05, 0) is 19.2 Å². The fourth-order valence-corrected chi connectivity index (χ4v) is 1.88. The molecule has 1 unspecified atom stereocenters. The number of rotatable bonds is 3. The van der Waals surface area contributed by atoms with Gasteiger partial charge in [0.1, 0.15) is 11.0 Å². The van der Waals surface area contributed by atoms with Crippen LogP contribution in [0, 0.1) is 0 Å². The Morgan fingerprint density at radius 2 is 2.50 bits per heavy atom. The summed E-state index contributed by atoms with van der Waals surface area (Å²) in [4.78, 5) is 6.43. The maximum absolute atomic E-state index is 5.80. The van der Waals surface area contributed by atoms with Gasteiger partial charge in [-0.3, -0.25) is 0 Å². The van der Waals surface area contributed by atoms with Gasteiger partial charge in [-0.2, -0.15) is 0 Å². The van der Waals surface area contributed by atoms with E-state index in [1.807, 2.05) is 12.1 Å². The Morgan fingerprint density at radius 3 is 3.25 bits per heavy atom. The number of morpholine rings is 1. The first-order chi connectivity index (χ1) is 7.74. The van der Waals surface area contributed by atoms with Crippen molar-refractivity contribution in [1.82, 2.24) is 9.88 Å². The van der Waals surface area contributed by atoms with Crippen LogP contribution >= 0.6 is 11.6 Å². The molecule has 0 aliphatic carbocycles. The van der Waals surface area contributed by atoms with Crippen molar-refractivity contribution in [3.05, 3.63) is 23.4 Å². The second-order valence-corrected chi connectivity index (χ2v) is 4.37. The molecular weight excluding hydrogens is 226 g/mol. The monoisotopic (exact) mass is 241 g/mol. The van der Waals surface area contributed by atoms with Gasteiger partial charge in [0.15, 0.2) is 0 Å². The van der Waals surface area contributed by atoms with Crippen LogP contribution in [0.25, 0.3) is 0 Å². The highest BCUT2D eigenvalue weighted by Gasteiger charge is 2.17. The second kappa shape index (κ2) is 5.48. The zero-order chi connectivity index (χ0) is 11.4. The zero-order valence-electron chi connectivity index (χ0n) is 9.32. The molecule has 0 radical (unpaired) electrons. The largest absolute Gasteiger partial charge is 0.374 e. The Balaban J connectivity index is 1.82. The minimum Gasteiger partial charge on any atom is -0.374 e. The van der Waals surface area contributed by atoms with E-state index in [9.17, 15) is 0 Å². The van der Waals surface area contributed by atoms with Gasteiger partial charge in [-0.25, -0.2) is 4.98 Å². The molecule has 1 saturated heterocycles. The van der Waals surface area contributed by atoms with Gasteiger partial charge in [0.25, 0.3) is 0 Å². The summed E-state index contributed by atoms with van der Waals surface area (Å²) in [6.45, 7) is 3.52. The smallest absolute Gasteiger partial charge is 0.131 e. The molecule has 0 saturated carbocycles. The lowest BCUT2D eigenvalue weighted by molar-refractivity contribution is -0.0117. The van der Waals surface area contributed by atoms with Crippen molar-refractivity contribution in [1.29, 1.82) is 0 Å². The highest BCUT2D eigenvalue weighted by atomic mass is 35.5. The summed E-state index contributed by atoms with van der Waals surface area (Å²) in [6, 6.07) is 5.54. The topological polar surface area (TPSA) is 37.4 Å². The van der Waals surface area contributed by atoms with Crippen molar-refractivity contribution in [3.8, 4) is 0 Å². The van der Waals surface area contributed by atoms with E-state index in [0.29, 0.717) is 5.15 Å². The predicted octanol–water partition coefficient (Wildman–Crippen LogP) is 1.48. The summed E-state index contributed by atoms with van der Waals surface area (Å²) in [5.74, 6) is 0.796. The molecule has 1 atom stereocenters. The number of hydrogen-bond acceptors (Lipinski definition) is 4. The number of halogens is 1. The molecule has 1 aliphatic heterocycles. The molecule has 0 amide bonds. The van der Waals surface area contributed by atoms with Gasteiger partial charge in [-0.15, -0.1) is 0 Å². The zero-order valence-corrected chi connectivity index (χ0v) is 10.1. The number of aromatic nitrogens is 1. The van der Waals surface area contributed by atoms with Gasteiger partial charge in [0.2, 0.25) is 0 Å². The van der Waals surface area contributed by atoms with Crippen LogP contribution in [0.2, 0.25) is 5.15 Å². The van der Waals surface area contributed by atoms with Crippen molar-refractivity contribution in [2.24, 2.45) is 0 Å². The van der Waals surface area contributed by atoms with Crippen LogP contribution in [0.5, 0.6) is 0 Å². The molecule has 1 aliphatic rings. The predicted molar refractivity (Wildman–Crippen MR) is 65.0 cm³/mol. The molecule has 1 N–H and O–H groups in total. The SMILES string of the molecule is CN1CCOC(CNc2cccc(Cl)n2)C1. The average Bonchev–Trinajstić information content (AvgIpc) is 2.27. The molecule has 16 heavy (non-hydrogen) atoms. The highest BCUT2D eigenvalue weighted by molar-refractivity contribution is 6.29. The van der Waals surface area contributed by atoms with Gasteiger partial charge in [-0.1, -0.05) is 17.7 Å². The molecule has 5 heteroatoms. The Morgan fingerprint density at radius 1 is 1.62 bits per heavy atom. The van der Waals surface area contributed by atoms with Crippen molar-refractivity contribution in [2.75, 3.05) is 38.6 Å². The quantitative estimate of drug-likeness (QED) is 0.814. The third-order valence-electron chi connectivity index (χ3n) is 2.57. The molecule has 2 heterocycles. The molecule has 1 fully saturated rings. The van der Waals surface area contributed by atoms with Gasteiger partial charge >= 0.3 is 0 Å². The standard InChI is InChI=1S/C11H16ClN3O/c1-15-5-6-16-9(8-15)7-13-11-4-2-3-10(12)14-11/h2-4,9H,5-8H2,1H3,(H,13,14). The summed E-state index contributed by atoms with van der Waals surface area (Å²) in [6.07, 6.45) is 0.222. The van der Waals surface area contributed by atoms with Crippen molar-refractivity contribution in [2.45, 2.75) is 6.10 Å². The van der Waals surface area contributed by atoms with Crippen LogP contribution in [-0.2, 0) is 4.74 Å².